The van der Waals surface area contributed by atoms with Crippen LogP contribution in [0, 0.1) is 11.3 Å². The van der Waals surface area contributed by atoms with Gasteiger partial charge in [-0.1, -0.05) is 12.1 Å². The molecule has 0 aliphatic heterocycles. The maximum atomic E-state index is 12.1. The van der Waals surface area contributed by atoms with E-state index in [1.807, 2.05) is 6.07 Å². The third-order valence-electron chi connectivity index (χ3n) is 3.59. The number of Topliss-reactive ketones (excluding diaryl/α,β-unsaturated/α-hetero) is 1. The van der Waals surface area contributed by atoms with Gasteiger partial charge in [-0.3, -0.25) is 9.59 Å². The zero-order valence-electron chi connectivity index (χ0n) is 14.9. The SMILES string of the molecule is CC(=O)c1ccc(NC(=O)[C@@H](C)OC(=O)COc2ccccc2C#N)cc1. The van der Waals surface area contributed by atoms with Crippen LogP contribution in [-0.2, 0) is 14.3 Å². The Balaban J connectivity index is 1.85. The average Bonchev–Trinajstić information content (AvgIpc) is 2.66. The maximum Gasteiger partial charge on any atom is 0.344 e. The van der Waals surface area contributed by atoms with Crippen molar-refractivity contribution in [2.45, 2.75) is 20.0 Å². The molecule has 0 aromatic heterocycles. The lowest BCUT2D eigenvalue weighted by atomic mass is 10.1. The molecule has 138 valence electrons. The molecule has 7 nitrogen and oxygen atoms in total. The van der Waals surface area contributed by atoms with Crippen molar-refractivity contribution >= 4 is 23.3 Å². The fourth-order valence-electron chi connectivity index (χ4n) is 2.14. The summed E-state index contributed by atoms with van der Waals surface area (Å²) in [6.07, 6.45) is -1.04. The fraction of sp³-hybridized carbons (Fsp3) is 0.200. The molecule has 0 heterocycles. The van der Waals surface area contributed by atoms with E-state index in [-0.39, 0.29) is 11.5 Å². The fourth-order valence-corrected chi connectivity index (χ4v) is 2.14. The minimum atomic E-state index is -1.04. The summed E-state index contributed by atoms with van der Waals surface area (Å²) in [5, 5.41) is 11.6. The van der Waals surface area contributed by atoms with Crippen LogP contribution in [0.25, 0.3) is 0 Å². The number of amides is 1. The predicted octanol–water partition coefficient (Wildman–Crippen LogP) is 2.71. The van der Waals surface area contributed by atoms with Gasteiger partial charge in [-0.05, 0) is 50.2 Å². The van der Waals surface area contributed by atoms with Crippen molar-refractivity contribution in [3.05, 3.63) is 59.7 Å². The van der Waals surface area contributed by atoms with Crippen LogP contribution in [0.2, 0.25) is 0 Å². The van der Waals surface area contributed by atoms with Crippen molar-refractivity contribution in [3.63, 3.8) is 0 Å². The van der Waals surface area contributed by atoms with Crippen molar-refractivity contribution in [3.8, 4) is 11.8 Å². The molecule has 1 atom stereocenters. The molecule has 27 heavy (non-hydrogen) atoms. The number of rotatable bonds is 7. The lowest BCUT2D eigenvalue weighted by Crippen LogP contribution is -2.31. The molecule has 2 aromatic rings. The van der Waals surface area contributed by atoms with Crippen LogP contribution in [0.5, 0.6) is 5.75 Å². The van der Waals surface area contributed by atoms with Gasteiger partial charge < -0.3 is 14.8 Å². The van der Waals surface area contributed by atoms with Gasteiger partial charge in [-0.2, -0.15) is 5.26 Å². The Morgan fingerprint density at radius 1 is 1.11 bits per heavy atom. The Morgan fingerprint density at radius 3 is 2.41 bits per heavy atom. The highest BCUT2D eigenvalue weighted by Crippen LogP contribution is 2.16. The quantitative estimate of drug-likeness (QED) is 0.597. The van der Waals surface area contributed by atoms with Gasteiger partial charge in [-0.15, -0.1) is 0 Å². The Kier molecular flexibility index (Phi) is 6.67. The summed E-state index contributed by atoms with van der Waals surface area (Å²) in [7, 11) is 0. The molecule has 0 fully saturated rings. The zero-order valence-corrected chi connectivity index (χ0v) is 14.9. The molecule has 0 unspecified atom stereocenters. The third kappa shape index (κ3) is 5.68. The maximum absolute atomic E-state index is 12.1. The molecule has 0 spiro atoms. The summed E-state index contributed by atoms with van der Waals surface area (Å²) < 4.78 is 10.3. The van der Waals surface area contributed by atoms with Crippen LogP contribution < -0.4 is 10.1 Å². The second-order valence-electron chi connectivity index (χ2n) is 5.65. The van der Waals surface area contributed by atoms with Crippen molar-refractivity contribution < 1.29 is 23.9 Å². The highest BCUT2D eigenvalue weighted by Gasteiger charge is 2.18. The molecule has 0 bridgehead atoms. The van der Waals surface area contributed by atoms with E-state index in [0.717, 1.165) is 0 Å². The molecule has 0 saturated carbocycles. The number of ketones is 1. The van der Waals surface area contributed by atoms with E-state index in [1.54, 1.807) is 48.5 Å². The molecular weight excluding hydrogens is 348 g/mol. The van der Waals surface area contributed by atoms with Crippen LogP contribution in [0.3, 0.4) is 0 Å². The van der Waals surface area contributed by atoms with Gasteiger partial charge in [0, 0.05) is 11.3 Å². The predicted molar refractivity (Wildman–Crippen MR) is 97.3 cm³/mol. The lowest BCUT2D eigenvalue weighted by molar-refractivity contribution is -0.155. The van der Waals surface area contributed by atoms with Crippen molar-refractivity contribution in [2.24, 2.45) is 0 Å². The van der Waals surface area contributed by atoms with Gasteiger partial charge >= 0.3 is 5.97 Å². The number of ether oxygens (including phenoxy) is 2. The van der Waals surface area contributed by atoms with E-state index < -0.39 is 24.6 Å². The van der Waals surface area contributed by atoms with Crippen LogP contribution in [0.4, 0.5) is 5.69 Å². The first-order chi connectivity index (χ1) is 12.9. The Bertz CT molecular complexity index is 884. The van der Waals surface area contributed by atoms with Gasteiger partial charge in [0.2, 0.25) is 0 Å². The Labute approximate surface area is 156 Å². The molecule has 7 heteroatoms. The van der Waals surface area contributed by atoms with Crippen LogP contribution >= 0.6 is 0 Å². The minimum absolute atomic E-state index is 0.0758. The number of benzene rings is 2. The second kappa shape index (κ2) is 9.15. The number of esters is 1. The smallest absolute Gasteiger partial charge is 0.344 e. The van der Waals surface area contributed by atoms with Gasteiger partial charge in [0.15, 0.2) is 18.5 Å². The summed E-state index contributed by atoms with van der Waals surface area (Å²) in [4.78, 5) is 35.2. The number of nitrogens with one attached hydrogen (secondary N) is 1. The van der Waals surface area contributed by atoms with Gasteiger partial charge in [0.25, 0.3) is 5.91 Å². The van der Waals surface area contributed by atoms with E-state index in [4.69, 9.17) is 14.7 Å². The number of hydrogen-bond acceptors (Lipinski definition) is 6. The van der Waals surface area contributed by atoms with E-state index in [1.165, 1.54) is 13.8 Å². The molecule has 2 rings (SSSR count). The second-order valence-corrected chi connectivity index (χ2v) is 5.65. The van der Waals surface area contributed by atoms with Crippen LogP contribution in [-0.4, -0.2) is 30.4 Å². The largest absolute Gasteiger partial charge is 0.481 e. The van der Waals surface area contributed by atoms with Gasteiger partial charge in [0.1, 0.15) is 11.8 Å². The Hall–Kier alpha value is -3.66. The van der Waals surface area contributed by atoms with Crippen LogP contribution in [0.1, 0.15) is 29.8 Å². The standard InChI is InChI=1S/C20H18N2O5/c1-13(23)15-7-9-17(10-8-15)22-20(25)14(2)27-19(24)12-26-18-6-4-3-5-16(18)11-21/h3-10,14H,12H2,1-2H3,(H,22,25)/t14-/m1/s1. The number of nitriles is 1. The number of para-hydroxylation sites is 1. The number of hydrogen-bond donors (Lipinski definition) is 1. The summed E-state index contributed by atoms with van der Waals surface area (Å²) in [6, 6.07) is 14.8. The van der Waals surface area contributed by atoms with Crippen LogP contribution in [0.15, 0.2) is 48.5 Å². The first-order valence-electron chi connectivity index (χ1n) is 8.14. The number of anilines is 1. The van der Waals surface area contributed by atoms with E-state index >= 15 is 0 Å². The number of carbonyl (C=O) groups excluding carboxylic acids is 3. The number of nitrogens with zero attached hydrogens (tertiary/aromatic N) is 1. The van der Waals surface area contributed by atoms with Gasteiger partial charge in [-0.25, -0.2) is 4.79 Å². The van der Waals surface area contributed by atoms with E-state index in [2.05, 4.69) is 5.32 Å². The van der Waals surface area contributed by atoms with Crippen molar-refractivity contribution in [1.29, 1.82) is 5.26 Å². The zero-order chi connectivity index (χ0) is 19.8. The summed E-state index contributed by atoms with van der Waals surface area (Å²) in [5.74, 6) is -1.07. The molecule has 0 radical (unpaired) electrons. The highest BCUT2D eigenvalue weighted by atomic mass is 16.6. The minimum Gasteiger partial charge on any atom is -0.481 e. The molecule has 0 aliphatic rings. The van der Waals surface area contributed by atoms with Gasteiger partial charge in [0.05, 0.1) is 5.56 Å². The average molecular weight is 366 g/mol. The normalized spacial score (nSPS) is 11.0. The monoisotopic (exact) mass is 366 g/mol. The van der Waals surface area contributed by atoms with E-state index in [0.29, 0.717) is 16.8 Å². The van der Waals surface area contributed by atoms with Crippen molar-refractivity contribution in [1.82, 2.24) is 0 Å². The first kappa shape index (κ1) is 19.7. The molecule has 0 aliphatic carbocycles. The number of carbonyl (C=O) groups is 3. The topological polar surface area (TPSA) is 105 Å². The molecule has 2 aromatic carbocycles. The molecular formula is C20H18N2O5. The lowest BCUT2D eigenvalue weighted by Gasteiger charge is -2.14. The third-order valence-corrected chi connectivity index (χ3v) is 3.59. The summed E-state index contributed by atoms with van der Waals surface area (Å²) in [5.41, 5.74) is 1.31. The molecule has 1 amide bonds. The van der Waals surface area contributed by atoms with Crippen molar-refractivity contribution in [2.75, 3.05) is 11.9 Å². The van der Waals surface area contributed by atoms with E-state index in [9.17, 15) is 14.4 Å². The highest BCUT2D eigenvalue weighted by molar-refractivity contribution is 5.97. The summed E-state index contributed by atoms with van der Waals surface area (Å²) in [6.45, 7) is 2.45. The summed E-state index contributed by atoms with van der Waals surface area (Å²) >= 11 is 0. The Morgan fingerprint density at radius 2 is 1.78 bits per heavy atom. The molecule has 1 N–H and O–H groups in total. The first-order valence-corrected chi connectivity index (χ1v) is 8.14. The molecule has 0 saturated heterocycles.